The van der Waals surface area contributed by atoms with Crippen LogP contribution in [0.25, 0.3) is 0 Å². The van der Waals surface area contributed by atoms with Crippen molar-refractivity contribution in [2.75, 3.05) is 13.1 Å². The molecule has 1 atom stereocenters. The molecule has 0 spiro atoms. The Morgan fingerprint density at radius 2 is 2.10 bits per heavy atom. The Kier molecular flexibility index (Phi) is 3.96. The fraction of sp³-hybridized carbons (Fsp3) is 0.286. The highest BCUT2D eigenvalue weighted by molar-refractivity contribution is 6.30. The third-order valence-corrected chi connectivity index (χ3v) is 3.38. The van der Waals surface area contributed by atoms with Gasteiger partial charge in [-0.25, -0.2) is 9.97 Å². The molecule has 0 unspecified atom stereocenters. The quantitative estimate of drug-likeness (QED) is 0.865. The number of likely N-dealkylation sites (tertiary alicyclic amines) is 1. The van der Waals surface area contributed by atoms with Gasteiger partial charge in [0.1, 0.15) is 11.8 Å². The summed E-state index contributed by atoms with van der Waals surface area (Å²) >= 11 is 5.72. The van der Waals surface area contributed by atoms with Crippen molar-refractivity contribution in [3.8, 4) is 6.01 Å². The summed E-state index contributed by atoms with van der Waals surface area (Å²) in [5.74, 6) is -0.0845. The largest absolute Gasteiger partial charge is 0.458 e. The molecule has 0 bridgehead atoms. The van der Waals surface area contributed by atoms with Gasteiger partial charge < -0.3 is 9.64 Å². The van der Waals surface area contributed by atoms with E-state index in [9.17, 15) is 4.79 Å². The molecule has 1 aliphatic heterocycles. The molecular formula is C14H13ClN4O2. The minimum absolute atomic E-state index is 0.0845. The summed E-state index contributed by atoms with van der Waals surface area (Å²) < 4.78 is 5.65. The molecular weight excluding hydrogens is 292 g/mol. The zero-order chi connectivity index (χ0) is 14.7. The minimum Gasteiger partial charge on any atom is -0.458 e. The van der Waals surface area contributed by atoms with Gasteiger partial charge in [-0.3, -0.25) is 9.78 Å². The van der Waals surface area contributed by atoms with E-state index in [1.807, 2.05) is 0 Å². The van der Waals surface area contributed by atoms with E-state index in [4.69, 9.17) is 16.3 Å². The standard InChI is InChI=1S/C14H13ClN4O2/c15-10-7-17-14(18-8-10)21-11-4-6-19(9-11)13(20)12-3-1-2-5-16-12/h1-3,5,7-8,11H,4,6,9H2/t11-/m0/s1. The molecule has 1 amide bonds. The molecule has 1 fully saturated rings. The number of carbonyl (C=O) groups is 1. The van der Waals surface area contributed by atoms with Crippen LogP contribution in [0.15, 0.2) is 36.8 Å². The zero-order valence-electron chi connectivity index (χ0n) is 11.1. The average Bonchev–Trinajstić information content (AvgIpc) is 2.98. The lowest BCUT2D eigenvalue weighted by molar-refractivity contribution is 0.0764. The number of hydrogen-bond acceptors (Lipinski definition) is 5. The van der Waals surface area contributed by atoms with Crippen molar-refractivity contribution >= 4 is 17.5 Å². The molecule has 0 saturated carbocycles. The molecule has 0 N–H and O–H groups in total. The Morgan fingerprint density at radius 3 is 2.81 bits per heavy atom. The van der Waals surface area contributed by atoms with Crippen molar-refractivity contribution in [2.45, 2.75) is 12.5 Å². The summed E-state index contributed by atoms with van der Waals surface area (Å²) in [6.07, 6.45) is 5.20. The van der Waals surface area contributed by atoms with E-state index < -0.39 is 0 Å². The highest BCUT2D eigenvalue weighted by Crippen LogP contribution is 2.17. The van der Waals surface area contributed by atoms with Gasteiger partial charge in [0.25, 0.3) is 5.91 Å². The third-order valence-electron chi connectivity index (χ3n) is 3.18. The highest BCUT2D eigenvalue weighted by atomic mass is 35.5. The molecule has 3 heterocycles. The first kappa shape index (κ1) is 13.8. The van der Waals surface area contributed by atoms with Crippen LogP contribution in [0.5, 0.6) is 6.01 Å². The number of aromatic nitrogens is 3. The second-order valence-electron chi connectivity index (χ2n) is 4.68. The molecule has 1 saturated heterocycles. The summed E-state index contributed by atoms with van der Waals surface area (Å²) in [5.41, 5.74) is 0.445. The number of hydrogen-bond donors (Lipinski definition) is 0. The van der Waals surface area contributed by atoms with Crippen LogP contribution in [0.1, 0.15) is 16.9 Å². The summed E-state index contributed by atoms with van der Waals surface area (Å²) in [7, 11) is 0. The number of ether oxygens (including phenoxy) is 1. The van der Waals surface area contributed by atoms with Gasteiger partial charge >= 0.3 is 6.01 Å². The predicted octanol–water partition coefficient (Wildman–Crippen LogP) is 1.82. The maximum atomic E-state index is 12.2. The number of nitrogens with zero attached hydrogens (tertiary/aromatic N) is 4. The molecule has 0 aromatic carbocycles. The topological polar surface area (TPSA) is 68.2 Å². The van der Waals surface area contributed by atoms with Crippen LogP contribution in [0.2, 0.25) is 5.02 Å². The lowest BCUT2D eigenvalue weighted by atomic mass is 10.3. The van der Waals surface area contributed by atoms with Crippen LogP contribution in [0.4, 0.5) is 0 Å². The number of amides is 1. The lowest BCUT2D eigenvalue weighted by Gasteiger charge is -2.16. The molecule has 21 heavy (non-hydrogen) atoms. The Bertz CT molecular complexity index is 621. The Hall–Kier alpha value is -2.21. The number of rotatable bonds is 3. The highest BCUT2D eigenvalue weighted by Gasteiger charge is 2.29. The first-order valence-electron chi connectivity index (χ1n) is 6.57. The number of pyridine rings is 1. The monoisotopic (exact) mass is 304 g/mol. The van der Waals surface area contributed by atoms with Gasteiger partial charge in [-0.15, -0.1) is 0 Å². The molecule has 108 valence electrons. The lowest BCUT2D eigenvalue weighted by Crippen LogP contribution is -2.31. The van der Waals surface area contributed by atoms with Crippen LogP contribution >= 0.6 is 11.6 Å². The van der Waals surface area contributed by atoms with Gasteiger partial charge in [-0.2, -0.15) is 0 Å². The Labute approximate surface area is 126 Å². The molecule has 6 nitrogen and oxygen atoms in total. The van der Waals surface area contributed by atoms with Crippen molar-refractivity contribution in [2.24, 2.45) is 0 Å². The van der Waals surface area contributed by atoms with Crippen LogP contribution in [-0.4, -0.2) is 45.0 Å². The molecule has 7 heteroatoms. The summed E-state index contributed by atoms with van der Waals surface area (Å²) in [4.78, 5) is 26.0. The van der Waals surface area contributed by atoms with Crippen LogP contribution in [-0.2, 0) is 0 Å². The second kappa shape index (κ2) is 6.05. The van der Waals surface area contributed by atoms with Gasteiger partial charge in [-0.1, -0.05) is 17.7 Å². The Morgan fingerprint density at radius 1 is 1.29 bits per heavy atom. The van der Waals surface area contributed by atoms with Crippen molar-refractivity contribution < 1.29 is 9.53 Å². The smallest absolute Gasteiger partial charge is 0.316 e. The van der Waals surface area contributed by atoms with E-state index >= 15 is 0 Å². The predicted molar refractivity (Wildman–Crippen MR) is 76.2 cm³/mol. The van der Waals surface area contributed by atoms with Crippen LogP contribution in [0, 0.1) is 0 Å². The molecule has 3 rings (SSSR count). The van der Waals surface area contributed by atoms with Crippen LogP contribution in [0.3, 0.4) is 0 Å². The van der Waals surface area contributed by atoms with Gasteiger partial charge in [0.05, 0.1) is 24.0 Å². The van der Waals surface area contributed by atoms with Gasteiger partial charge in [0, 0.05) is 19.2 Å². The van der Waals surface area contributed by atoms with E-state index in [0.717, 1.165) is 6.42 Å². The van der Waals surface area contributed by atoms with E-state index in [1.165, 1.54) is 12.4 Å². The molecule has 2 aromatic heterocycles. The van der Waals surface area contributed by atoms with Crippen LogP contribution < -0.4 is 4.74 Å². The van der Waals surface area contributed by atoms with Gasteiger partial charge in [0.2, 0.25) is 0 Å². The van der Waals surface area contributed by atoms with Crippen molar-refractivity contribution in [3.63, 3.8) is 0 Å². The third kappa shape index (κ3) is 3.28. The normalized spacial score (nSPS) is 17.8. The fourth-order valence-electron chi connectivity index (χ4n) is 2.17. The maximum absolute atomic E-state index is 12.2. The molecule has 0 aliphatic carbocycles. The van der Waals surface area contributed by atoms with Crippen molar-refractivity contribution in [1.29, 1.82) is 0 Å². The summed E-state index contributed by atoms with van der Waals surface area (Å²) in [6.45, 7) is 1.13. The van der Waals surface area contributed by atoms with E-state index in [-0.39, 0.29) is 18.0 Å². The number of carbonyl (C=O) groups excluding carboxylic acids is 1. The first-order chi connectivity index (χ1) is 10.2. The fourth-order valence-corrected chi connectivity index (χ4v) is 2.27. The SMILES string of the molecule is O=C(c1ccccn1)N1CC[C@H](Oc2ncc(Cl)cn2)C1. The zero-order valence-corrected chi connectivity index (χ0v) is 11.9. The first-order valence-corrected chi connectivity index (χ1v) is 6.94. The van der Waals surface area contributed by atoms with Gasteiger partial charge in [-0.05, 0) is 12.1 Å². The summed E-state index contributed by atoms with van der Waals surface area (Å²) in [5, 5.41) is 0.459. The van der Waals surface area contributed by atoms with Crippen molar-refractivity contribution in [3.05, 3.63) is 47.5 Å². The van der Waals surface area contributed by atoms with E-state index in [0.29, 0.717) is 23.8 Å². The van der Waals surface area contributed by atoms with E-state index in [1.54, 1.807) is 29.3 Å². The molecule has 2 aromatic rings. The minimum atomic E-state index is -0.112. The number of halogens is 1. The molecule has 1 aliphatic rings. The second-order valence-corrected chi connectivity index (χ2v) is 5.11. The molecule has 0 radical (unpaired) electrons. The average molecular weight is 305 g/mol. The van der Waals surface area contributed by atoms with Gasteiger partial charge in [0.15, 0.2) is 0 Å². The van der Waals surface area contributed by atoms with E-state index in [2.05, 4.69) is 15.0 Å². The Balaban J connectivity index is 1.60. The maximum Gasteiger partial charge on any atom is 0.316 e. The summed E-state index contributed by atoms with van der Waals surface area (Å²) in [6, 6.07) is 5.56. The van der Waals surface area contributed by atoms with Crippen molar-refractivity contribution in [1.82, 2.24) is 19.9 Å².